The predicted molar refractivity (Wildman–Crippen MR) is 136 cm³/mol. The van der Waals surface area contributed by atoms with E-state index in [9.17, 15) is 5.26 Å². The number of hydrogen-bond donors (Lipinski definition) is 0. The van der Waals surface area contributed by atoms with Crippen molar-refractivity contribution in [3.63, 3.8) is 0 Å². The summed E-state index contributed by atoms with van der Waals surface area (Å²) < 4.78 is 2.12. The van der Waals surface area contributed by atoms with Gasteiger partial charge in [-0.15, -0.1) is 0 Å². The number of nitrogens with zero attached hydrogens (tertiary/aromatic N) is 3. The van der Waals surface area contributed by atoms with Gasteiger partial charge in [0.15, 0.2) is 6.20 Å². The van der Waals surface area contributed by atoms with E-state index in [0.29, 0.717) is 11.3 Å². The van der Waals surface area contributed by atoms with Crippen LogP contribution in [0.15, 0.2) is 103 Å². The van der Waals surface area contributed by atoms with Crippen LogP contribution in [0.4, 0.5) is 0 Å². The molecule has 0 radical (unpaired) electrons. The highest BCUT2D eigenvalue weighted by molar-refractivity contribution is 6.28. The van der Waals surface area contributed by atoms with Crippen molar-refractivity contribution in [2.45, 2.75) is 0 Å². The smallest absolute Gasteiger partial charge is 0.155 e. The average molecular weight is 419 g/mol. The Labute approximate surface area is 191 Å². The quantitative estimate of drug-likeness (QED) is 0.163. The fourth-order valence-electron chi connectivity index (χ4n) is 5.19. The van der Waals surface area contributed by atoms with Gasteiger partial charge in [0.05, 0.1) is 34.9 Å². The van der Waals surface area contributed by atoms with Crippen LogP contribution in [-0.2, 0) is 0 Å². The molecule has 0 fully saturated rings. The summed E-state index contributed by atoms with van der Waals surface area (Å²) in [6, 6.07) is 27.8. The van der Waals surface area contributed by atoms with Gasteiger partial charge in [-0.25, -0.2) is 4.85 Å². The number of fused-ring (bicyclic) bond motifs is 7. The molecule has 3 nitrogen and oxygen atoms in total. The second-order valence-electron chi connectivity index (χ2n) is 8.01. The molecule has 0 amide bonds. The lowest BCUT2D eigenvalue weighted by molar-refractivity contribution is 1.23. The number of benzene rings is 4. The number of hydrogen-bond acceptors (Lipinski definition) is 1. The van der Waals surface area contributed by atoms with E-state index >= 15 is 0 Å². The number of para-hydroxylation sites is 1. The van der Waals surface area contributed by atoms with Gasteiger partial charge in [0, 0.05) is 16.2 Å². The van der Waals surface area contributed by atoms with Crippen LogP contribution in [-0.4, -0.2) is 4.57 Å². The van der Waals surface area contributed by atoms with Gasteiger partial charge in [-0.2, -0.15) is 5.26 Å². The first kappa shape index (κ1) is 18.9. The third kappa shape index (κ3) is 2.48. The van der Waals surface area contributed by atoms with Gasteiger partial charge in [0.2, 0.25) is 0 Å². The second-order valence-corrected chi connectivity index (χ2v) is 8.01. The fourth-order valence-corrected chi connectivity index (χ4v) is 5.19. The maximum absolute atomic E-state index is 9.90. The zero-order chi connectivity index (χ0) is 22.5. The van der Waals surface area contributed by atoms with Crippen molar-refractivity contribution in [3.05, 3.63) is 115 Å². The summed E-state index contributed by atoms with van der Waals surface area (Å²) in [7, 11) is 0. The van der Waals surface area contributed by atoms with Gasteiger partial charge >= 0.3 is 0 Å². The van der Waals surface area contributed by atoms with Crippen molar-refractivity contribution in [3.8, 4) is 28.3 Å². The van der Waals surface area contributed by atoms with E-state index in [0.717, 1.165) is 27.2 Å². The second kappa shape index (κ2) is 7.09. The van der Waals surface area contributed by atoms with E-state index in [1.807, 2.05) is 12.1 Å². The average Bonchev–Trinajstić information content (AvgIpc) is 3.37. The molecule has 0 saturated heterocycles. The topological polar surface area (TPSA) is 33.1 Å². The van der Waals surface area contributed by atoms with Crippen LogP contribution in [0.25, 0.3) is 65.4 Å². The molecule has 6 rings (SSSR count). The Hall–Kier alpha value is -4.86. The number of nitriles is 1. The van der Waals surface area contributed by atoms with Crippen molar-refractivity contribution in [1.29, 1.82) is 5.26 Å². The lowest BCUT2D eigenvalue weighted by atomic mass is 9.99. The molecule has 0 bridgehead atoms. The Morgan fingerprint density at radius 3 is 2.33 bits per heavy atom. The summed E-state index contributed by atoms with van der Waals surface area (Å²) >= 11 is 0. The molecule has 4 aromatic carbocycles. The highest BCUT2D eigenvalue weighted by atomic mass is 15.0. The van der Waals surface area contributed by atoms with Crippen LogP contribution in [0.2, 0.25) is 0 Å². The van der Waals surface area contributed by atoms with Gasteiger partial charge < -0.3 is 4.57 Å². The monoisotopic (exact) mass is 419 g/mol. The van der Waals surface area contributed by atoms with Gasteiger partial charge in [-0.05, 0) is 51.9 Å². The molecule has 0 aliphatic heterocycles. The maximum Gasteiger partial charge on any atom is 0.155 e. The molecule has 152 valence electrons. The predicted octanol–water partition coefficient (Wildman–Crippen LogP) is 7.95. The van der Waals surface area contributed by atoms with E-state index in [1.165, 1.54) is 33.8 Å². The Morgan fingerprint density at radius 2 is 1.58 bits per heavy atom. The maximum atomic E-state index is 9.90. The van der Waals surface area contributed by atoms with E-state index in [-0.39, 0.29) is 0 Å². The van der Waals surface area contributed by atoms with Crippen LogP contribution < -0.4 is 0 Å². The number of aromatic nitrogens is 1. The summed E-state index contributed by atoms with van der Waals surface area (Å²) in [4.78, 5) is 3.29. The fraction of sp³-hybridized carbons (Fsp3) is 0. The van der Waals surface area contributed by atoms with Crippen LogP contribution in [0.1, 0.15) is 0 Å². The van der Waals surface area contributed by atoms with Crippen LogP contribution in [0, 0.1) is 17.9 Å². The third-order valence-electron chi connectivity index (χ3n) is 6.45. The summed E-state index contributed by atoms with van der Waals surface area (Å²) in [5, 5.41) is 14.5. The first-order valence-electron chi connectivity index (χ1n) is 10.7. The Kier molecular flexibility index (Phi) is 4.06. The first-order chi connectivity index (χ1) is 16.3. The van der Waals surface area contributed by atoms with Crippen LogP contribution in [0.3, 0.4) is 0 Å². The van der Waals surface area contributed by atoms with Crippen molar-refractivity contribution in [2.24, 2.45) is 0 Å². The van der Waals surface area contributed by atoms with Gasteiger partial charge in [-0.1, -0.05) is 67.2 Å². The molecule has 0 atom stereocenters. The van der Waals surface area contributed by atoms with E-state index in [4.69, 9.17) is 6.57 Å². The zero-order valence-electron chi connectivity index (χ0n) is 17.7. The Balaban J connectivity index is 1.88. The Morgan fingerprint density at radius 1 is 0.879 bits per heavy atom. The van der Waals surface area contributed by atoms with Crippen LogP contribution >= 0.6 is 0 Å². The standard InChI is InChI=1S/C30H17N3/c1-3-27(19(18-31)15-16-32-2)33-28-14-7-6-11-22(28)26-17-25-21-10-5-4-9-20(21)23-12-8-13-24(29(23)25)30(26)33/h3-17H,1H2/b16-15+,27-19-. The molecule has 33 heavy (non-hydrogen) atoms. The number of allylic oxidation sites excluding steroid dienone is 4. The molecule has 5 aromatic rings. The van der Waals surface area contributed by atoms with E-state index in [1.54, 1.807) is 12.2 Å². The molecule has 0 unspecified atom stereocenters. The van der Waals surface area contributed by atoms with Gasteiger partial charge in [-0.3, -0.25) is 0 Å². The molecule has 0 N–H and O–H groups in total. The molecule has 1 aliphatic rings. The lowest BCUT2D eigenvalue weighted by Gasteiger charge is -2.13. The van der Waals surface area contributed by atoms with Crippen LogP contribution in [0.5, 0.6) is 0 Å². The minimum absolute atomic E-state index is 0.398. The normalized spacial score (nSPS) is 12.7. The van der Waals surface area contributed by atoms with Crippen molar-refractivity contribution in [2.75, 3.05) is 0 Å². The Bertz CT molecular complexity index is 1800. The third-order valence-corrected chi connectivity index (χ3v) is 6.45. The summed E-state index contributed by atoms with van der Waals surface area (Å²) in [5.41, 5.74) is 8.08. The molecular weight excluding hydrogens is 402 g/mol. The molecule has 1 aliphatic carbocycles. The van der Waals surface area contributed by atoms with E-state index < -0.39 is 0 Å². The first-order valence-corrected chi connectivity index (χ1v) is 10.7. The summed E-state index contributed by atoms with van der Waals surface area (Å²) in [6.45, 7) is 11.1. The van der Waals surface area contributed by atoms with Crippen molar-refractivity contribution >= 4 is 38.3 Å². The molecule has 3 heteroatoms. The van der Waals surface area contributed by atoms with E-state index in [2.05, 4.69) is 82.7 Å². The SMILES string of the molecule is [C-]#[N+]/C=C/C(C#N)=C(\C=C)n1c2ccccc2c2cc3c4c(cccc4c21)-c1ccccc1-3. The molecular formula is C30H17N3. The minimum atomic E-state index is 0.398. The molecule has 0 saturated carbocycles. The van der Waals surface area contributed by atoms with Gasteiger partial charge in [0.25, 0.3) is 0 Å². The van der Waals surface area contributed by atoms with Crippen molar-refractivity contribution < 1.29 is 0 Å². The lowest BCUT2D eigenvalue weighted by Crippen LogP contribution is -1.98. The zero-order valence-corrected chi connectivity index (χ0v) is 17.7. The summed E-state index contributed by atoms with van der Waals surface area (Å²) in [5.74, 6) is 0. The van der Waals surface area contributed by atoms with Gasteiger partial charge in [0.1, 0.15) is 0 Å². The molecule has 1 heterocycles. The highest BCUT2D eigenvalue weighted by Gasteiger charge is 2.25. The van der Waals surface area contributed by atoms with Crippen molar-refractivity contribution in [1.82, 2.24) is 4.57 Å². The molecule has 0 spiro atoms. The molecule has 1 aromatic heterocycles. The highest BCUT2D eigenvalue weighted by Crippen LogP contribution is 2.50. The summed E-state index contributed by atoms with van der Waals surface area (Å²) in [6.07, 6.45) is 4.58. The minimum Gasteiger partial charge on any atom is -0.307 e. The largest absolute Gasteiger partial charge is 0.307 e. The number of rotatable bonds is 3.